The van der Waals surface area contributed by atoms with Crippen molar-refractivity contribution in [1.29, 1.82) is 0 Å². The number of H-pyrrole nitrogens is 2. The lowest BCUT2D eigenvalue weighted by molar-refractivity contribution is 0.0880. The lowest BCUT2D eigenvalue weighted by Gasteiger charge is -2.27. The second-order valence-corrected chi connectivity index (χ2v) is 10.5. The summed E-state index contributed by atoms with van der Waals surface area (Å²) in [6.45, 7) is 5.90. The summed E-state index contributed by atoms with van der Waals surface area (Å²) >= 11 is 0. The van der Waals surface area contributed by atoms with Gasteiger partial charge in [0.15, 0.2) is 5.82 Å². The van der Waals surface area contributed by atoms with E-state index in [1.54, 1.807) is 18.5 Å². The summed E-state index contributed by atoms with van der Waals surface area (Å²) in [4.78, 5) is 12.6. The second-order valence-electron chi connectivity index (χ2n) is 10.5. The Morgan fingerprint density at radius 3 is 2.55 bits per heavy atom. The van der Waals surface area contributed by atoms with Crippen LogP contribution in [0.1, 0.15) is 20.8 Å². The number of anilines is 1. The minimum absolute atomic E-state index is 0.289. The number of aromatic nitrogens is 5. The summed E-state index contributed by atoms with van der Waals surface area (Å²) in [5.41, 5.74) is 7.05. The van der Waals surface area contributed by atoms with Gasteiger partial charge in [0, 0.05) is 28.1 Å². The molecule has 3 aromatic heterocycles. The van der Waals surface area contributed by atoms with Gasteiger partial charge in [0.1, 0.15) is 17.7 Å². The molecule has 6 rings (SSSR count). The number of pyridine rings is 1. The Balaban J connectivity index is 1.40. The van der Waals surface area contributed by atoms with Gasteiger partial charge in [-0.2, -0.15) is 5.10 Å². The molecular weight excluding hydrogens is 479 g/mol. The van der Waals surface area contributed by atoms with Gasteiger partial charge >= 0.3 is 0 Å². The van der Waals surface area contributed by atoms with Gasteiger partial charge in [-0.25, -0.2) is 9.37 Å². The zero-order valence-electron chi connectivity index (χ0n) is 21.2. The van der Waals surface area contributed by atoms with Crippen LogP contribution in [0, 0.1) is 11.2 Å². The number of aromatic amines is 2. The molecule has 0 spiro atoms. The van der Waals surface area contributed by atoms with Crippen LogP contribution in [0.25, 0.3) is 55.7 Å². The Labute approximate surface area is 218 Å². The van der Waals surface area contributed by atoms with Crippen molar-refractivity contribution in [1.82, 2.24) is 25.1 Å². The van der Waals surface area contributed by atoms with Crippen molar-refractivity contribution < 1.29 is 9.50 Å². The van der Waals surface area contributed by atoms with Crippen molar-refractivity contribution in [3.8, 4) is 33.8 Å². The van der Waals surface area contributed by atoms with Crippen molar-refractivity contribution in [3.05, 3.63) is 84.9 Å². The van der Waals surface area contributed by atoms with Crippen molar-refractivity contribution in [2.45, 2.75) is 27.0 Å². The summed E-state index contributed by atoms with van der Waals surface area (Å²) in [5, 5.41) is 22.2. The van der Waals surface area contributed by atoms with Crippen LogP contribution in [-0.2, 0) is 0 Å². The number of nitrogens with zero attached hydrogens (tertiary/aromatic N) is 3. The molecule has 8 heteroatoms. The van der Waals surface area contributed by atoms with E-state index >= 15 is 0 Å². The molecule has 0 fully saturated rings. The first-order chi connectivity index (χ1) is 18.3. The van der Waals surface area contributed by atoms with Gasteiger partial charge in [0.2, 0.25) is 0 Å². The third-order valence-corrected chi connectivity index (χ3v) is 6.63. The standard InChI is InChI=1S/C30H27FN6O/c1-30(2,3)29(38)33-21-13-19(15-32-16-21)17-10-11-24-23(14-17)27(37-36-24)28-34-25-9-5-8-22(26(25)35-28)18-6-4-7-20(31)12-18/h4-16,29,33,38H,1-3H3,(H,34,35)(H,36,37). The molecule has 4 N–H and O–H groups in total. The fourth-order valence-electron chi connectivity index (χ4n) is 4.46. The normalized spacial score (nSPS) is 12.8. The SMILES string of the molecule is CC(C)(C)C(O)Nc1cncc(-c2ccc3[nH]nc(-c4nc5c(-c6cccc(F)c6)cccc5[nH]4)c3c2)c1. The maximum Gasteiger partial charge on any atom is 0.159 e. The van der Waals surface area contributed by atoms with Gasteiger partial charge < -0.3 is 15.4 Å². The van der Waals surface area contributed by atoms with Crippen LogP contribution in [0.15, 0.2) is 79.1 Å². The minimum Gasteiger partial charge on any atom is -0.373 e. The van der Waals surface area contributed by atoms with Crippen LogP contribution in [0.2, 0.25) is 0 Å². The van der Waals surface area contributed by atoms with E-state index in [0.29, 0.717) is 11.5 Å². The van der Waals surface area contributed by atoms with Crippen LogP contribution >= 0.6 is 0 Å². The summed E-state index contributed by atoms with van der Waals surface area (Å²) in [6, 6.07) is 20.3. The number of nitrogens with one attached hydrogen (secondary N) is 3. The number of aliphatic hydroxyl groups is 1. The molecule has 0 amide bonds. The van der Waals surface area contributed by atoms with E-state index < -0.39 is 6.23 Å². The molecule has 0 aliphatic heterocycles. The first-order valence-corrected chi connectivity index (χ1v) is 12.4. The molecule has 0 radical (unpaired) electrons. The number of fused-ring (bicyclic) bond motifs is 2. The third-order valence-electron chi connectivity index (χ3n) is 6.63. The molecule has 1 atom stereocenters. The van der Waals surface area contributed by atoms with Gasteiger partial charge in [-0.1, -0.05) is 51.1 Å². The van der Waals surface area contributed by atoms with Crippen LogP contribution in [0.4, 0.5) is 10.1 Å². The molecule has 6 aromatic rings. The van der Waals surface area contributed by atoms with Gasteiger partial charge in [0.05, 0.1) is 28.4 Å². The number of imidazole rings is 1. The van der Waals surface area contributed by atoms with Gasteiger partial charge in [-0.3, -0.25) is 10.1 Å². The molecule has 7 nitrogen and oxygen atoms in total. The van der Waals surface area contributed by atoms with Crippen LogP contribution in [-0.4, -0.2) is 36.5 Å². The Kier molecular flexibility index (Phi) is 5.69. The van der Waals surface area contributed by atoms with E-state index in [1.807, 2.05) is 63.2 Å². The smallest absolute Gasteiger partial charge is 0.159 e. The van der Waals surface area contributed by atoms with E-state index in [2.05, 4.69) is 31.5 Å². The molecule has 0 saturated heterocycles. The van der Waals surface area contributed by atoms with E-state index in [9.17, 15) is 9.50 Å². The summed E-state index contributed by atoms with van der Waals surface area (Å²) in [6.07, 6.45) is 2.78. The van der Waals surface area contributed by atoms with Crippen molar-refractivity contribution in [3.63, 3.8) is 0 Å². The molecule has 0 bridgehead atoms. The average molecular weight is 507 g/mol. The van der Waals surface area contributed by atoms with Crippen molar-refractivity contribution in [2.75, 3.05) is 5.32 Å². The molecule has 190 valence electrons. The monoisotopic (exact) mass is 506 g/mol. The lowest BCUT2D eigenvalue weighted by atomic mass is 9.94. The molecule has 1 unspecified atom stereocenters. The maximum absolute atomic E-state index is 13.9. The molecule has 38 heavy (non-hydrogen) atoms. The highest BCUT2D eigenvalue weighted by molar-refractivity contribution is 5.98. The average Bonchev–Trinajstić information content (AvgIpc) is 3.52. The van der Waals surface area contributed by atoms with E-state index in [0.717, 1.165) is 49.9 Å². The number of para-hydroxylation sites is 1. The van der Waals surface area contributed by atoms with Gasteiger partial charge in [0.25, 0.3) is 0 Å². The molecule has 3 aromatic carbocycles. The Morgan fingerprint density at radius 2 is 1.74 bits per heavy atom. The van der Waals surface area contributed by atoms with Crippen LogP contribution in [0.5, 0.6) is 0 Å². The van der Waals surface area contributed by atoms with Crippen molar-refractivity contribution >= 4 is 27.6 Å². The second kappa shape index (κ2) is 9.08. The Bertz CT molecular complexity index is 1780. The molecule has 0 aliphatic rings. The highest BCUT2D eigenvalue weighted by atomic mass is 19.1. The van der Waals surface area contributed by atoms with Crippen LogP contribution < -0.4 is 5.32 Å². The fraction of sp³-hybridized carbons (Fsp3) is 0.167. The predicted molar refractivity (Wildman–Crippen MR) is 149 cm³/mol. The van der Waals surface area contributed by atoms with E-state index in [4.69, 9.17) is 4.98 Å². The quantitative estimate of drug-likeness (QED) is 0.194. The third kappa shape index (κ3) is 4.39. The minimum atomic E-state index is -0.715. The van der Waals surface area contributed by atoms with Gasteiger partial charge in [-0.15, -0.1) is 0 Å². The molecule has 3 heterocycles. The zero-order chi connectivity index (χ0) is 26.4. The summed E-state index contributed by atoms with van der Waals surface area (Å²) in [7, 11) is 0. The number of hydrogen-bond acceptors (Lipinski definition) is 5. The number of hydrogen-bond donors (Lipinski definition) is 4. The number of benzene rings is 3. The Hall–Kier alpha value is -4.56. The zero-order valence-corrected chi connectivity index (χ0v) is 21.2. The number of halogens is 1. The highest BCUT2D eigenvalue weighted by Crippen LogP contribution is 2.34. The fourth-order valence-corrected chi connectivity index (χ4v) is 4.46. The maximum atomic E-state index is 13.9. The lowest BCUT2D eigenvalue weighted by Crippen LogP contribution is -2.33. The topological polar surface area (TPSA) is 103 Å². The summed E-state index contributed by atoms with van der Waals surface area (Å²) in [5.74, 6) is 0.330. The van der Waals surface area contributed by atoms with E-state index in [1.165, 1.54) is 12.1 Å². The van der Waals surface area contributed by atoms with Gasteiger partial charge in [-0.05, 0) is 47.5 Å². The molecule has 0 aliphatic carbocycles. The summed E-state index contributed by atoms with van der Waals surface area (Å²) < 4.78 is 13.9. The highest BCUT2D eigenvalue weighted by Gasteiger charge is 2.22. The predicted octanol–water partition coefficient (Wildman–Crippen LogP) is 6.75. The van der Waals surface area contributed by atoms with Crippen LogP contribution in [0.3, 0.4) is 0 Å². The Morgan fingerprint density at radius 1 is 0.895 bits per heavy atom. The van der Waals surface area contributed by atoms with E-state index in [-0.39, 0.29) is 11.2 Å². The van der Waals surface area contributed by atoms with Crippen molar-refractivity contribution in [2.24, 2.45) is 5.41 Å². The largest absolute Gasteiger partial charge is 0.373 e. The first-order valence-electron chi connectivity index (χ1n) is 12.4. The molecule has 0 saturated carbocycles. The molecular formula is C30H27FN6O. The number of rotatable bonds is 5. The first kappa shape index (κ1) is 23.8. The number of aliphatic hydroxyl groups excluding tert-OH is 1.